The number of hydrogen-bond donors (Lipinski definition) is 2. The average Bonchev–Trinajstić information content (AvgIpc) is 3.11. The third-order valence-electron chi connectivity index (χ3n) is 4.26. The number of aromatic amines is 1. The standard InChI is InChI=1S/C20H21N3O6/c1-11-14-7-12(5-6-15(14)23-22-11)20(25)29-10-18(24)21-13-8-16(26-2)19(28-4)17(9-13)27-3/h5-9H,10H2,1-4H3,(H,21,24)(H,22,23). The Morgan fingerprint density at radius 2 is 1.72 bits per heavy atom. The van der Waals surface area contributed by atoms with Crippen molar-refractivity contribution >= 4 is 28.5 Å². The van der Waals surface area contributed by atoms with Crippen LogP contribution in [0.3, 0.4) is 0 Å². The summed E-state index contributed by atoms with van der Waals surface area (Å²) >= 11 is 0. The highest BCUT2D eigenvalue weighted by Gasteiger charge is 2.16. The van der Waals surface area contributed by atoms with E-state index in [2.05, 4.69) is 15.5 Å². The molecular formula is C20H21N3O6. The molecule has 0 unspecified atom stereocenters. The molecule has 0 bridgehead atoms. The maximum Gasteiger partial charge on any atom is 0.338 e. The van der Waals surface area contributed by atoms with Gasteiger partial charge in [-0.05, 0) is 25.1 Å². The van der Waals surface area contributed by atoms with Gasteiger partial charge in [-0.3, -0.25) is 9.89 Å². The number of nitrogens with zero attached hydrogens (tertiary/aromatic N) is 1. The van der Waals surface area contributed by atoms with Crippen LogP contribution >= 0.6 is 0 Å². The molecule has 1 amide bonds. The van der Waals surface area contributed by atoms with Gasteiger partial charge in [0.15, 0.2) is 18.1 Å². The molecule has 3 aromatic rings. The maximum absolute atomic E-state index is 12.3. The van der Waals surface area contributed by atoms with Crippen LogP contribution in [-0.2, 0) is 9.53 Å². The number of carbonyl (C=O) groups is 2. The molecule has 0 aliphatic carbocycles. The van der Waals surface area contributed by atoms with Crippen molar-refractivity contribution in [3.63, 3.8) is 0 Å². The molecule has 1 aromatic heterocycles. The number of nitrogens with one attached hydrogen (secondary N) is 2. The number of ether oxygens (including phenoxy) is 4. The zero-order valence-corrected chi connectivity index (χ0v) is 16.5. The number of benzene rings is 2. The van der Waals surface area contributed by atoms with Gasteiger partial charge in [0.05, 0.1) is 32.4 Å². The second kappa shape index (κ2) is 8.51. The summed E-state index contributed by atoms with van der Waals surface area (Å²) in [6.07, 6.45) is 0. The van der Waals surface area contributed by atoms with Crippen LogP contribution < -0.4 is 19.5 Å². The van der Waals surface area contributed by atoms with Crippen LogP contribution in [-0.4, -0.2) is 50.0 Å². The lowest BCUT2D eigenvalue weighted by molar-refractivity contribution is -0.119. The number of aryl methyl sites for hydroxylation is 1. The third-order valence-corrected chi connectivity index (χ3v) is 4.26. The van der Waals surface area contributed by atoms with Crippen molar-refractivity contribution in [3.8, 4) is 17.2 Å². The molecule has 9 nitrogen and oxygen atoms in total. The monoisotopic (exact) mass is 399 g/mol. The van der Waals surface area contributed by atoms with Gasteiger partial charge in [0, 0.05) is 28.9 Å². The summed E-state index contributed by atoms with van der Waals surface area (Å²) in [5, 5.41) is 10.4. The summed E-state index contributed by atoms with van der Waals surface area (Å²) in [6.45, 7) is 1.41. The van der Waals surface area contributed by atoms with Crippen molar-refractivity contribution in [3.05, 3.63) is 41.6 Å². The van der Waals surface area contributed by atoms with E-state index in [9.17, 15) is 9.59 Å². The first-order chi connectivity index (χ1) is 14.0. The topological polar surface area (TPSA) is 112 Å². The van der Waals surface area contributed by atoms with Crippen molar-refractivity contribution in [2.45, 2.75) is 6.92 Å². The van der Waals surface area contributed by atoms with E-state index in [-0.39, 0.29) is 0 Å². The minimum atomic E-state index is -0.604. The number of rotatable bonds is 7. The van der Waals surface area contributed by atoms with Gasteiger partial charge >= 0.3 is 5.97 Å². The fraction of sp³-hybridized carbons (Fsp3) is 0.250. The van der Waals surface area contributed by atoms with Gasteiger partial charge in [-0.2, -0.15) is 5.10 Å². The molecule has 0 aliphatic heterocycles. The van der Waals surface area contributed by atoms with Gasteiger partial charge in [-0.15, -0.1) is 0 Å². The van der Waals surface area contributed by atoms with Crippen molar-refractivity contribution in [2.75, 3.05) is 33.3 Å². The number of H-pyrrole nitrogens is 1. The Bertz CT molecular complexity index is 1030. The average molecular weight is 399 g/mol. The van der Waals surface area contributed by atoms with E-state index >= 15 is 0 Å². The predicted molar refractivity (Wildman–Crippen MR) is 106 cm³/mol. The Morgan fingerprint density at radius 1 is 1.03 bits per heavy atom. The van der Waals surface area contributed by atoms with Crippen molar-refractivity contribution < 1.29 is 28.5 Å². The van der Waals surface area contributed by atoms with Gasteiger partial charge in [-0.25, -0.2) is 4.79 Å². The number of carbonyl (C=O) groups excluding carboxylic acids is 2. The molecule has 3 rings (SSSR count). The smallest absolute Gasteiger partial charge is 0.338 e. The quantitative estimate of drug-likeness (QED) is 0.588. The van der Waals surface area contributed by atoms with E-state index in [0.29, 0.717) is 28.5 Å². The number of methoxy groups -OCH3 is 3. The number of anilines is 1. The lowest BCUT2D eigenvalue weighted by atomic mass is 10.1. The highest BCUT2D eigenvalue weighted by molar-refractivity contribution is 5.98. The Kier molecular flexibility index (Phi) is 5.87. The van der Waals surface area contributed by atoms with E-state index in [1.54, 1.807) is 30.3 Å². The number of aromatic nitrogens is 2. The third kappa shape index (κ3) is 4.23. The normalized spacial score (nSPS) is 10.5. The lowest BCUT2D eigenvalue weighted by Crippen LogP contribution is -2.21. The number of amides is 1. The molecule has 152 valence electrons. The van der Waals surface area contributed by atoms with Gasteiger partial charge in [0.2, 0.25) is 5.75 Å². The van der Waals surface area contributed by atoms with E-state index in [0.717, 1.165) is 16.6 Å². The van der Waals surface area contributed by atoms with E-state index < -0.39 is 18.5 Å². The highest BCUT2D eigenvalue weighted by Crippen LogP contribution is 2.39. The van der Waals surface area contributed by atoms with Crippen LogP contribution in [0.2, 0.25) is 0 Å². The first kappa shape index (κ1) is 20.0. The van der Waals surface area contributed by atoms with E-state index in [1.165, 1.54) is 21.3 Å². The number of fused-ring (bicyclic) bond motifs is 1. The van der Waals surface area contributed by atoms with E-state index in [4.69, 9.17) is 18.9 Å². The molecule has 29 heavy (non-hydrogen) atoms. The Balaban J connectivity index is 1.66. The van der Waals surface area contributed by atoms with Crippen molar-refractivity contribution in [2.24, 2.45) is 0 Å². The summed E-state index contributed by atoms with van der Waals surface area (Å²) in [4.78, 5) is 24.5. The van der Waals surface area contributed by atoms with E-state index in [1.807, 2.05) is 6.92 Å². The minimum Gasteiger partial charge on any atom is -0.493 e. The molecular weight excluding hydrogens is 378 g/mol. The molecule has 0 aliphatic rings. The zero-order chi connectivity index (χ0) is 21.0. The SMILES string of the molecule is COc1cc(NC(=O)COC(=O)c2ccc3n[nH]c(C)c3c2)cc(OC)c1OC. The molecule has 0 spiro atoms. The summed E-state index contributed by atoms with van der Waals surface area (Å²) in [6, 6.07) is 8.15. The van der Waals surface area contributed by atoms with Crippen LogP contribution in [0.15, 0.2) is 30.3 Å². The van der Waals surface area contributed by atoms with Crippen molar-refractivity contribution in [1.82, 2.24) is 10.2 Å². The van der Waals surface area contributed by atoms with Crippen LogP contribution in [0, 0.1) is 6.92 Å². The van der Waals surface area contributed by atoms with Gasteiger partial charge in [0.25, 0.3) is 5.91 Å². The lowest BCUT2D eigenvalue weighted by Gasteiger charge is -2.14. The Morgan fingerprint density at radius 3 is 2.34 bits per heavy atom. The summed E-state index contributed by atoms with van der Waals surface area (Å²) < 4.78 is 20.8. The molecule has 0 saturated heterocycles. The number of esters is 1. The summed E-state index contributed by atoms with van der Waals surface area (Å²) in [7, 11) is 4.44. The number of hydrogen-bond acceptors (Lipinski definition) is 7. The molecule has 0 radical (unpaired) electrons. The zero-order valence-electron chi connectivity index (χ0n) is 16.5. The largest absolute Gasteiger partial charge is 0.493 e. The van der Waals surface area contributed by atoms with Gasteiger partial charge < -0.3 is 24.3 Å². The highest BCUT2D eigenvalue weighted by atomic mass is 16.5. The van der Waals surface area contributed by atoms with Crippen LogP contribution in [0.25, 0.3) is 10.9 Å². The second-order valence-corrected chi connectivity index (χ2v) is 6.12. The Labute approximate surface area is 166 Å². The summed E-state index contributed by atoms with van der Waals surface area (Å²) in [5.74, 6) is 0.0796. The molecule has 1 heterocycles. The minimum absolute atomic E-state index is 0.336. The molecule has 0 atom stereocenters. The first-order valence-electron chi connectivity index (χ1n) is 8.68. The molecule has 9 heteroatoms. The second-order valence-electron chi connectivity index (χ2n) is 6.12. The molecule has 0 fully saturated rings. The van der Waals surface area contributed by atoms with Crippen LogP contribution in [0.5, 0.6) is 17.2 Å². The molecule has 2 N–H and O–H groups in total. The molecule has 2 aromatic carbocycles. The van der Waals surface area contributed by atoms with Gasteiger partial charge in [0.1, 0.15) is 0 Å². The van der Waals surface area contributed by atoms with Crippen LogP contribution in [0.1, 0.15) is 16.1 Å². The Hall–Kier alpha value is -3.75. The first-order valence-corrected chi connectivity index (χ1v) is 8.68. The maximum atomic E-state index is 12.3. The predicted octanol–water partition coefficient (Wildman–Crippen LogP) is 2.69. The summed E-state index contributed by atoms with van der Waals surface area (Å²) in [5.41, 5.74) is 2.34. The van der Waals surface area contributed by atoms with Crippen LogP contribution in [0.4, 0.5) is 5.69 Å². The van der Waals surface area contributed by atoms with Crippen molar-refractivity contribution in [1.29, 1.82) is 0 Å². The fourth-order valence-corrected chi connectivity index (χ4v) is 2.83. The fourth-order valence-electron chi connectivity index (χ4n) is 2.83. The van der Waals surface area contributed by atoms with Gasteiger partial charge in [-0.1, -0.05) is 0 Å². The molecule has 0 saturated carbocycles.